The Kier molecular flexibility index (Phi) is 3.74. The van der Waals surface area contributed by atoms with E-state index in [-0.39, 0.29) is 6.04 Å². The Morgan fingerprint density at radius 2 is 2.35 bits per heavy atom. The number of aromatic nitrogens is 2. The van der Waals surface area contributed by atoms with Gasteiger partial charge in [-0.3, -0.25) is 0 Å². The average Bonchev–Trinajstić information content (AvgIpc) is 2.93. The van der Waals surface area contributed by atoms with Crippen LogP contribution in [0, 0.1) is 0 Å². The third kappa shape index (κ3) is 2.56. The number of ether oxygens (including phenoxy) is 1. The highest BCUT2D eigenvalue weighted by atomic mass is 16.5. The Labute approximate surface area is 119 Å². The molecule has 1 heterocycles. The first-order valence-electron chi connectivity index (χ1n) is 7.29. The fourth-order valence-electron chi connectivity index (χ4n) is 2.82. The predicted molar refractivity (Wildman–Crippen MR) is 78.5 cm³/mol. The lowest BCUT2D eigenvalue weighted by Crippen LogP contribution is -2.17. The van der Waals surface area contributed by atoms with Crippen molar-refractivity contribution in [2.45, 2.75) is 45.4 Å². The van der Waals surface area contributed by atoms with Crippen molar-refractivity contribution in [1.29, 1.82) is 0 Å². The molecule has 1 aliphatic rings. The van der Waals surface area contributed by atoms with Crippen LogP contribution in [-0.2, 0) is 19.6 Å². The van der Waals surface area contributed by atoms with E-state index in [1.165, 1.54) is 17.5 Å². The number of fused-ring (bicyclic) bond motifs is 1. The van der Waals surface area contributed by atoms with Crippen LogP contribution in [0.1, 0.15) is 42.8 Å². The van der Waals surface area contributed by atoms with E-state index in [0.717, 1.165) is 31.0 Å². The van der Waals surface area contributed by atoms with Gasteiger partial charge in [-0.15, -0.1) is 0 Å². The van der Waals surface area contributed by atoms with Crippen molar-refractivity contribution in [3.8, 4) is 5.75 Å². The number of hydrogen-bond donors (Lipinski definition) is 1. The van der Waals surface area contributed by atoms with Crippen molar-refractivity contribution in [3.63, 3.8) is 0 Å². The molecule has 4 heteroatoms. The van der Waals surface area contributed by atoms with Crippen molar-refractivity contribution >= 4 is 0 Å². The van der Waals surface area contributed by atoms with Gasteiger partial charge in [-0.2, -0.15) is 0 Å². The highest BCUT2D eigenvalue weighted by Gasteiger charge is 2.17. The minimum absolute atomic E-state index is 0.153. The summed E-state index contributed by atoms with van der Waals surface area (Å²) in [6, 6.07) is 6.43. The van der Waals surface area contributed by atoms with Crippen LogP contribution in [0.4, 0.5) is 0 Å². The molecule has 2 N–H and O–H groups in total. The molecule has 1 atom stereocenters. The lowest BCUT2D eigenvalue weighted by atomic mass is 9.88. The van der Waals surface area contributed by atoms with E-state index in [1.54, 1.807) is 0 Å². The monoisotopic (exact) mass is 271 g/mol. The molecular formula is C16H21N3O. The molecule has 2 aromatic rings. The smallest absolute Gasteiger partial charge is 0.146 e. The first kappa shape index (κ1) is 13.2. The largest absolute Gasteiger partial charge is 0.486 e. The highest BCUT2D eigenvalue weighted by molar-refractivity contribution is 5.39. The second-order valence-electron chi connectivity index (χ2n) is 5.28. The van der Waals surface area contributed by atoms with E-state index in [1.807, 2.05) is 18.5 Å². The number of imidazole rings is 1. The number of hydrogen-bond acceptors (Lipinski definition) is 3. The summed E-state index contributed by atoms with van der Waals surface area (Å²) in [6.07, 6.45) is 7.16. The Morgan fingerprint density at radius 1 is 1.45 bits per heavy atom. The molecule has 0 fully saturated rings. The van der Waals surface area contributed by atoms with Gasteiger partial charge in [-0.25, -0.2) is 4.98 Å². The molecule has 0 radical (unpaired) electrons. The minimum atomic E-state index is 0.153. The molecule has 0 spiro atoms. The number of rotatable bonds is 4. The van der Waals surface area contributed by atoms with Gasteiger partial charge in [0.1, 0.15) is 18.2 Å². The summed E-state index contributed by atoms with van der Waals surface area (Å²) < 4.78 is 7.96. The third-order valence-corrected chi connectivity index (χ3v) is 3.99. The van der Waals surface area contributed by atoms with Crippen molar-refractivity contribution < 1.29 is 4.74 Å². The maximum Gasteiger partial charge on any atom is 0.146 e. The second-order valence-corrected chi connectivity index (χ2v) is 5.28. The zero-order valence-electron chi connectivity index (χ0n) is 11.9. The van der Waals surface area contributed by atoms with Crippen molar-refractivity contribution in [2.75, 3.05) is 0 Å². The molecule has 1 unspecified atom stereocenters. The molecule has 0 aliphatic heterocycles. The Morgan fingerprint density at radius 3 is 3.20 bits per heavy atom. The van der Waals surface area contributed by atoms with E-state index < -0.39 is 0 Å². The van der Waals surface area contributed by atoms with E-state index in [0.29, 0.717) is 6.61 Å². The molecule has 0 amide bonds. The van der Waals surface area contributed by atoms with Crippen LogP contribution in [0.15, 0.2) is 30.6 Å². The molecule has 0 bridgehead atoms. The van der Waals surface area contributed by atoms with Gasteiger partial charge in [0, 0.05) is 25.0 Å². The Hall–Kier alpha value is -1.81. The summed E-state index contributed by atoms with van der Waals surface area (Å²) in [5.41, 5.74) is 8.79. The first-order valence-corrected chi connectivity index (χ1v) is 7.29. The Bertz CT molecular complexity index is 591. The summed E-state index contributed by atoms with van der Waals surface area (Å²) in [4.78, 5) is 4.32. The van der Waals surface area contributed by atoms with Gasteiger partial charge < -0.3 is 15.0 Å². The quantitative estimate of drug-likeness (QED) is 0.930. The van der Waals surface area contributed by atoms with Crippen LogP contribution in [0.5, 0.6) is 5.75 Å². The maximum absolute atomic E-state index is 6.18. The minimum Gasteiger partial charge on any atom is -0.486 e. The number of nitrogens with zero attached hydrogens (tertiary/aromatic N) is 2. The van der Waals surface area contributed by atoms with E-state index in [2.05, 4.69) is 28.6 Å². The fraction of sp³-hybridized carbons (Fsp3) is 0.438. The number of benzene rings is 1. The SMILES string of the molecule is CCn1ccnc1COc1ccc2c(c1)C(N)CCC2. The lowest BCUT2D eigenvalue weighted by molar-refractivity contribution is 0.289. The molecule has 4 nitrogen and oxygen atoms in total. The van der Waals surface area contributed by atoms with Crippen LogP contribution in [0.2, 0.25) is 0 Å². The third-order valence-electron chi connectivity index (χ3n) is 3.99. The molecule has 1 aromatic heterocycles. The molecule has 1 aromatic carbocycles. The normalized spacial score (nSPS) is 17.8. The topological polar surface area (TPSA) is 53.1 Å². The van der Waals surface area contributed by atoms with E-state index in [9.17, 15) is 0 Å². The van der Waals surface area contributed by atoms with Crippen molar-refractivity contribution in [2.24, 2.45) is 5.73 Å². The molecule has 106 valence electrons. The molecule has 1 aliphatic carbocycles. The number of nitrogens with two attached hydrogens (primary N) is 1. The first-order chi connectivity index (χ1) is 9.78. The van der Waals surface area contributed by atoms with Gasteiger partial charge in [0.2, 0.25) is 0 Å². The lowest BCUT2D eigenvalue weighted by Gasteiger charge is -2.22. The Balaban J connectivity index is 1.73. The average molecular weight is 271 g/mol. The zero-order chi connectivity index (χ0) is 13.9. The number of aryl methyl sites for hydroxylation is 2. The fourth-order valence-corrected chi connectivity index (χ4v) is 2.82. The molecule has 20 heavy (non-hydrogen) atoms. The summed E-state index contributed by atoms with van der Waals surface area (Å²) in [6.45, 7) is 3.51. The second kappa shape index (κ2) is 5.67. The molecule has 0 saturated heterocycles. The van der Waals surface area contributed by atoms with E-state index >= 15 is 0 Å². The summed E-state index contributed by atoms with van der Waals surface area (Å²) in [5.74, 6) is 1.83. The highest BCUT2D eigenvalue weighted by Crippen LogP contribution is 2.31. The van der Waals surface area contributed by atoms with Crippen LogP contribution in [0.25, 0.3) is 0 Å². The molecule has 3 rings (SSSR count). The standard InChI is InChI=1S/C16H21N3O/c1-2-19-9-8-18-16(19)11-20-13-7-6-12-4-3-5-15(17)14(12)10-13/h6-10,15H,2-5,11,17H2,1H3. The van der Waals surface area contributed by atoms with Gasteiger partial charge in [-0.05, 0) is 49.4 Å². The summed E-state index contributed by atoms with van der Waals surface area (Å²) >= 11 is 0. The van der Waals surface area contributed by atoms with Crippen LogP contribution < -0.4 is 10.5 Å². The van der Waals surface area contributed by atoms with Gasteiger partial charge in [0.15, 0.2) is 0 Å². The summed E-state index contributed by atoms with van der Waals surface area (Å²) in [5, 5.41) is 0. The van der Waals surface area contributed by atoms with Gasteiger partial charge >= 0.3 is 0 Å². The van der Waals surface area contributed by atoms with Gasteiger partial charge in [-0.1, -0.05) is 6.07 Å². The van der Waals surface area contributed by atoms with Crippen LogP contribution >= 0.6 is 0 Å². The maximum atomic E-state index is 6.18. The van der Waals surface area contributed by atoms with Gasteiger partial charge in [0.25, 0.3) is 0 Å². The van der Waals surface area contributed by atoms with Crippen molar-refractivity contribution in [1.82, 2.24) is 9.55 Å². The zero-order valence-corrected chi connectivity index (χ0v) is 11.9. The summed E-state index contributed by atoms with van der Waals surface area (Å²) in [7, 11) is 0. The predicted octanol–water partition coefficient (Wildman–Crippen LogP) is 2.82. The molecule has 0 saturated carbocycles. The van der Waals surface area contributed by atoms with E-state index in [4.69, 9.17) is 10.5 Å². The molecular weight excluding hydrogens is 250 g/mol. The van der Waals surface area contributed by atoms with Crippen LogP contribution in [-0.4, -0.2) is 9.55 Å². The van der Waals surface area contributed by atoms with Gasteiger partial charge in [0.05, 0.1) is 0 Å². The van der Waals surface area contributed by atoms with Crippen LogP contribution in [0.3, 0.4) is 0 Å². The van der Waals surface area contributed by atoms with Crippen molar-refractivity contribution in [3.05, 3.63) is 47.5 Å².